The predicted octanol–water partition coefficient (Wildman–Crippen LogP) is 2.32. The van der Waals surface area contributed by atoms with E-state index in [1.165, 1.54) is 12.8 Å². The number of hydrogen-bond acceptors (Lipinski definition) is 2. The van der Waals surface area contributed by atoms with Crippen molar-refractivity contribution in [2.24, 2.45) is 5.92 Å². The van der Waals surface area contributed by atoms with Crippen molar-refractivity contribution >= 4 is 0 Å². The Hall–Kier alpha value is -1.90. The van der Waals surface area contributed by atoms with Crippen LogP contribution in [0.25, 0.3) is 11.3 Å². The Bertz CT molecular complexity index is 570. The molecule has 1 aromatic carbocycles. The zero-order chi connectivity index (χ0) is 11.7. The highest BCUT2D eigenvalue weighted by atomic mass is 16.1. The maximum Gasteiger partial charge on any atom is 0.277 e. The van der Waals surface area contributed by atoms with Crippen LogP contribution < -0.4 is 5.56 Å². The molecule has 0 aliphatic heterocycles. The van der Waals surface area contributed by atoms with E-state index in [2.05, 4.69) is 4.98 Å². The molecule has 3 rings (SSSR count). The molecule has 0 unspecified atom stereocenters. The van der Waals surface area contributed by atoms with Gasteiger partial charge in [-0.25, -0.2) is 4.98 Å². The average molecular weight is 226 g/mol. The molecule has 0 saturated heterocycles. The van der Waals surface area contributed by atoms with Crippen molar-refractivity contribution in [3.05, 3.63) is 53.1 Å². The molecule has 86 valence electrons. The molecule has 1 fully saturated rings. The molecule has 1 aliphatic rings. The molecule has 0 bridgehead atoms. The molecule has 0 radical (unpaired) electrons. The largest absolute Gasteiger partial charge is 0.312 e. The minimum Gasteiger partial charge on any atom is -0.312 e. The summed E-state index contributed by atoms with van der Waals surface area (Å²) in [6.07, 6.45) is 5.99. The molecule has 1 saturated carbocycles. The summed E-state index contributed by atoms with van der Waals surface area (Å²) in [6, 6.07) is 9.63. The summed E-state index contributed by atoms with van der Waals surface area (Å²) in [5.41, 5.74) is 1.46. The van der Waals surface area contributed by atoms with Crippen molar-refractivity contribution in [1.29, 1.82) is 0 Å². The number of benzene rings is 1. The van der Waals surface area contributed by atoms with Crippen molar-refractivity contribution in [1.82, 2.24) is 9.55 Å². The fourth-order valence-corrected chi connectivity index (χ4v) is 1.96. The van der Waals surface area contributed by atoms with Crippen LogP contribution in [0, 0.1) is 5.92 Å². The number of aromatic nitrogens is 2. The van der Waals surface area contributed by atoms with Gasteiger partial charge in [-0.3, -0.25) is 4.79 Å². The lowest BCUT2D eigenvalue weighted by atomic mass is 10.1. The summed E-state index contributed by atoms with van der Waals surface area (Å²) in [7, 11) is 0. The summed E-state index contributed by atoms with van der Waals surface area (Å²) >= 11 is 0. The van der Waals surface area contributed by atoms with Crippen LogP contribution in [0.1, 0.15) is 12.8 Å². The highest BCUT2D eigenvalue weighted by Crippen LogP contribution is 2.30. The van der Waals surface area contributed by atoms with Crippen molar-refractivity contribution in [2.45, 2.75) is 19.4 Å². The molecule has 0 amide bonds. The monoisotopic (exact) mass is 226 g/mol. The zero-order valence-electron chi connectivity index (χ0n) is 9.54. The molecule has 1 aromatic heterocycles. The fraction of sp³-hybridized carbons (Fsp3) is 0.286. The van der Waals surface area contributed by atoms with Crippen molar-refractivity contribution in [3.8, 4) is 11.3 Å². The zero-order valence-corrected chi connectivity index (χ0v) is 9.54. The Labute approximate surface area is 99.8 Å². The van der Waals surface area contributed by atoms with E-state index in [1.807, 2.05) is 30.3 Å². The van der Waals surface area contributed by atoms with Crippen LogP contribution in [-0.4, -0.2) is 9.55 Å². The first-order valence-electron chi connectivity index (χ1n) is 5.95. The van der Waals surface area contributed by atoms with Crippen LogP contribution in [0.4, 0.5) is 0 Å². The van der Waals surface area contributed by atoms with Crippen LogP contribution in [0.5, 0.6) is 0 Å². The first-order valence-corrected chi connectivity index (χ1v) is 5.95. The van der Waals surface area contributed by atoms with Crippen molar-refractivity contribution < 1.29 is 0 Å². The maximum absolute atomic E-state index is 12.2. The van der Waals surface area contributed by atoms with Gasteiger partial charge in [0.05, 0.1) is 0 Å². The highest BCUT2D eigenvalue weighted by molar-refractivity contribution is 5.57. The van der Waals surface area contributed by atoms with Crippen LogP contribution in [0.3, 0.4) is 0 Å². The van der Waals surface area contributed by atoms with Crippen molar-refractivity contribution in [3.63, 3.8) is 0 Å². The Morgan fingerprint density at radius 3 is 2.71 bits per heavy atom. The van der Waals surface area contributed by atoms with Gasteiger partial charge in [0, 0.05) is 24.5 Å². The van der Waals surface area contributed by atoms with E-state index in [9.17, 15) is 4.79 Å². The summed E-state index contributed by atoms with van der Waals surface area (Å²) in [6.45, 7) is 0.835. The van der Waals surface area contributed by atoms with Crippen molar-refractivity contribution in [2.75, 3.05) is 0 Å². The molecule has 0 atom stereocenters. The molecule has 1 aliphatic carbocycles. The third-order valence-corrected chi connectivity index (χ3v) is 3.11. The van der Waals surface area contributed by atoms with Gasteiger partial charge in [-0.1, -0.05) is 30.3 Å². The topological polar surface area (TPSA) is 34.9 Å². The van der Waals surface area contributed by atoms with E-state index >= 15 is 0 Å². The smallest absolute Gasteiger partial charge is 0.277 e. The third kappa shape index (κ3) is 2.13. The standard InChI is InChI=1S/C14H14N2O/c17-14-13(12-4-2-1-3-5-12)15-8-9-16(14)10-11-6-7-11/h1-5,8-9,11H,6-7,10H2. The molecule has 17 heavy (non-hydrogen) atoms. The second-order valence-corrected chi connectivity index (χ2v) is 4.54. The molecule has 0 spiro atoms. The van der Waals surface area contributed by atoms with E-state index in [-0.39, 0.29) is 5.56 Å². The third-order valence-electron chi connectivity index (χ3n) is 3.11. The van der Waals surface area contributed by atoms with Gasteiger partial charge >= 0.3 is 0 Å². The van der Waals surface area contributed by atoms with E-state index in [1.54, 1.807) is 17.0 Å². The number of rotatable bonds is 3. The highest BCUT2D eigenvalue weighted by Gasteiger charge is 2.22. The fourth-order valence-electron chi connectivity index (χ4n) is 1.96. The van der Waals surface area contributed by atoms with Gasteiger partial charge in [-0.05, 0) is 18.8 Å². The molecule has 0 N–H and O–H groups in total. The molecule has 3 heteroatoms. The predicted molar refractivity (Wildman–Crippen MR) is 66.7 cm³/mol. The first kappa shape index (κ1) is 10.3. The SMILES string of the molecule is O=c1c(-c2ccccc2)nccn1CC1CC1. The maximum atomic E-state index is 12.2. The second kappa shape index (κ2) is 4.17. The molecule has 2 aromatic rings. The lowest BCUT2D eigenvalue weighted by Gasteiger charge is -2.06. The molecule has 1 heterocycles. The minimum absolute atomic E-state index is 0.0191. The van der Waals surface area contributed by atoms with E-state index in [4.69, 9.17) is 0 Å². The average Bonchev–Trinajstić information content (AvgIpc) is 3.17. The Balaban J connectivity index is 2.02. The summed E-state index contributed by atoms with van der Waals surface area (Å²) < 4.78 is 1.78. The van der Waals surface area contributed by atoms with Crippen LogP contribution in [0.2, 0.25) is 0 Å². The van der Waals surface area contributed by atoms with E-state index in [0.29, 0.717) is 11.6 Å². The van der Waals surface area contributed by atoms with Gasteiger partial charge in [-0.15, -0.1) is 0 Å². The van der Waals surface area contributed by atoms with Gasteiger partial charge in [0.1, 0.15) is 5.69 Å². The minimum atomic E-state index is 0.0191. The second-order valence-electron chi connectivity index (χ2n) is 4.54. The Morgan fingerprint density at radius 1 is 1.24 bits per heavy atom. The first-order chi connectivity index (χ1) is 8.34. The summed E-state index contributed by atoms with van der Waals surface area (Å²) in [4.78, 5) is 16.4. The molecule has 3 nitrogen and oxygen atoms in total. The van der Waals surface area contributed by atoms with Gasteiger partial charge in [0.25, 0.3) is 5.56 Å². The van der Waals surface area contributed by atoms with Crippen LogP contribution in [-0.2, 0) is 6.54 Å². The Kier molecular flexibility index (Phi) is 2.52. The van der Waals surface area contributed by atoms with E-state index < -0.39 is 0 Å². The Morgan fingerprint density at radius 2 is 2.00 bits per heavy atom. The summed E-state index contributed by atoms with van der Waals surface area (Å²) in [5.74, 6) is 0.693. The van der Waals surface area contributed by atoms with Crippen LogP contribution >= 0.6 is 0 Å². The number of hydrogen-bond donors (Lipinski definition) is 0. The lowest BCUT2D eigenvalue weighted by molar-refractivity contribution is 0.604. The lowest BCUT2D eigenvalue weighted by Crippen LogP contribution is -2.23. The molecular weight excluding hydrogens is 212 g/mol. The van der Waals surface area contributed by atoms with Gasteiger partial charge in [-0.2, -0.15) is 0 Å². The van der Waals surface area contributed by atoms with Crippen LogP contribution in [0.15, 0.2) is 47.5 Å². The number of nitrogens with zero attached hydrogens (tertiary/aromatic N) is 2. The van der Waals surface area contributed by atoms with E-state index in [0.717, 1.165) is 12.1 Å². The van der Waals surface area contributed by atoms with Gasteiger partial charge in [0.15, 0.2) is 0 Å². The molecular formula is C14H14N2O. The quantitative estimate of drug-likeness (QED) is 0.805. The van der Waals surface area contributed by atoms with Gasteiger partial charge in [0.2, 0.25) is 0 Å². The van der Waals surface area contributed by atoms with Gasteiger partial charge < -0.3 is 4.57 Å². The summed E-state index contributed by atoms with van der Waals surface area (Å²) in [5, 5.41) is 0. The normalized spacial score (nSPS) is 14.8.